The number of sulfonamides is 1. The van der Waals surface area contributed by atoms with Gasteiger partial charge in [-0.1, -0.05) is 0 Å². The normalized spacial score (nSPS) is 12.8. The van der Waals surface area contributed by atoms with E-state index in [0.717, 1.165) is 5.56 Å². The third-order valence-electron chi connectivity index (χ3n) is 3.05. The lowest BCUT2D eigenvalue weighted by Gasteiger charge is -2.13. The van der Waals surface area contributed by atoms with Crippen LogP contribution in [0.15, 0.2) is 41.6 Å². The van der Waals surface area contributed by atoms with Gasteiger partial charge in [0.05, 0.1) is 11.1 Å². The number of aliphatic carboxylic acids is 1. The van der Waals surface area contributed by atoms with Gasteiger partial charge in [0.15, 0.2) is 6.61 Å². The Morgan fingerprint density at radius 1 is 1.39 bits per heavy atom. The Morgan fingerprint density at radius 2 is 2.04 bits per heavy atom. The molecule has 0 amide bonds. The van der Waals surface area contributed by atoms with Crippen LogP contribution in [-0.2, 0) is 21.9 Å². The number of carboxylic acid groups (broad SMARTS) is 1. The summed E-state index contributed by atoms with van der Waals surface area (Å²) in [6, 6.07) is 5.10. The first-order chi connectivity index (χ1) is 10.8. The van der Waals surface area contributed by atoms with Gasteiger partial charge in [-0.2, -0.15) is 5.10 Å². The van der Waals surface area contributed by atoms with E-state index in [2.05, 4.69) is 9.82 Å². The van der Waals surface area contributed by atoms with Crippen LogP contribution in [-0.4, -0.2) is 35.9 Å². The smallest absolute Gasteiger partial charge is 0.341 e. The number of rotatable bonds is 7. The number of aryl methyl sites for hydroxylation is 1. The van der Waals surface area contributed by atoms with E-state index in [4.69, 9.17) is 9.84 Å². The van der Waals surface area contributed by atoms with Gasteiger partial charge >= 0.3 is 5.97 Å². The average Bonchev–Trinajstić information content (AvgIpc) is 2.92. The molecule has 2 aromatic rings. The van der Waals surface area contributed by atoms with Crippen LogP contribution in [0.3, 0.4) is 0 Å². The minimum absolute atomic E-state index is 0.0657. The van der Waals surface area contributed by atoms with Crippen LogP contribution in [0.2, 0.25) is 0 Å². The zero-order valence-electron chi connectivity index (χ0n) is 12.6. The highest BCUT2D eigenvalue weighted by Gasteiger charge is 2.19. The number of carbonyl (C=O) groups is 1. The van der Waals surface area contributed by atoms with Crippen molar-refractivity contribution >= 4 is 16.0 Å². The van der Waals surface area contributed by atoms with E-state index < -0.39 is 28.6 Å². The van der Waals surface area contributed by atoms with Crippen molar-refractivity contribution in [1.29, 1.82) is 0 Å². The van der Waals surface area contributed by atoms with Crippen LogP contribution in [0.25, 0.3) is 0 Å². The zero-order chi connectivity index (χ0) is 17.0. The molecular weight excluding hydrogens is 322 g/mol. The molecule has 8 nitrogen and oxygen atoms in total. The largest absolute Gasteiger partial charge is 0.482 e. The SMILES string of the molecule is CC(NS(=O)(=O)c1ccc(OCC(=O)O)cc1)c1cnn(C)c1. The van der Waals surface area contributed by atoms with Gasteiger partial charge in [0.2, 0.25) is 10.0 Å². The number of aromatic nitrogens is 2. The van der Waals surface area contributed by atoms with Crippen molar-refractivity contribution < 1.29 is 23.1 Å². The monoisotopic (exact) mass is 339 g/mol. The molecule has 124 valence electrons. The molecule has 0 bridgehead atoms. The molecule has 1 heterocycles. The van der Waals surface area contributed by atoms with Gasteiger partial charge in [0.25, 0.3) is 0 Å². The fourth-order valence-electron chi connectivity index (χ4n) is 1.89. The third-order valence-corrected chi connectivity index (χ3v) is 4.61. The second-order valence-corrected chi connectivity index (χ2v) is 6.66. The summed E-state index contributed by atoms with van der Waals surface area (Å²) in [7, 11) is -1.95. The molecule has 0 saturated heterocycles. The molecule has 23 heavy (non-hydrogen) atoms. The minimum Gasteiger partial charge on any atom is -0.482 e. The number of ether oxygens (including phenoxy) is 1. The van der Waals surface area contributed by atoms with Crippen LogP contribution in [0, 0.1) is 0 Å². The zero-order valence-corrected chi connectivity index (χ0v) is 13.4. The van der Waals surface area contributed by atoms with E-state index >= 15 is 0 Å². The van der Waals surface area contributed by atoms with Crippen molar-refractivity contribution in [2.24, 2.45) is 7.05 Å². The summed E-state index contributed by atoms with van der Waals surface area (Å²) in [5.74, 6) is -0.819. The first kappa shape index (κ1) is 17.0. The van der Waals surface area contributed by atoms with Crippen LogP contribution >= 0.6 is 0 Å². The van der Waals surface area contributed by atoms with Gasteiger partial charge in [-0.25, -0.2) is 17.9 Å². The number of nitrogens with one attached hydrogen (secondary N) is 1. The molecule has 0 spiro atoms. The number of carboxylic acids is 1. The van der Waals surface area contributed by atoms with Gasteiger partial charge in [0.1, 0.15) is 5.75 Å². The van der Waals surface area contributed by atoms with Gasteiger partial charge in [0, 0.05) is 24.8 Å². The second-order valence-electron chi connectivity index (χ2n) is 4.94. The van der Waals surface area contributed by atoms with Gasteiger partial charge in [-0.05, 0) is 31.2 Å². The van der Waals surface area contributed by atoms with Gasteiger partial charge in [-0.15, -0.1) is 0 Å². The van der Waals surface area contributed by atoms with Gasteiger partial charge < -0.3 is 9.84 Å². The summed E-state index contributed by atoms with van der Waals surface area (Å²) in [5.41, 5.74) is 0.748. The summed E-state index contributed by atoms with van der Waals surface area (Å²) in [5, 5.41) is 12.5. The predicted molar refractivity (Wildman–Crippen MR) is 81.5 cm³/mol. The standard InChI is InChI=1S/C14H17N3O5S/c1-10(11-7-15-17(2)8-11)16-23(20,21)13-5-3-12(4-6-13)22-9-14(18)19/h3-8,10,16H,9H2,1-2H3,(H,18,19). The Balaban J connectivity index is 2.08. The van der Waals surface area contributed by atoms with E-state index in [0.29, 0.717) is 0 Å². The molecule has 0 fully saturated rings. The molecule has 1 atom stereocenters. The van der Waals surface area contributed by atoms with Crippen molar-refractivity contribution in [3.63, 3.8) is 0 Å². The maximum absolute atomic E-state index is 12.3. The van der Waals surface area contributed by atoms with E-state index in [9.17, 15) is 13.2 Å². The third kappa shape index (κ3) is 4.54. The van der Waals surface area contributed by atoms with Crippen LogP contribution in [0.1, 0.15) is 18.5 Å². The maximum atomic E-state index is 12.3. The Kier molecular flexibility index (Phi) is 5.02. The highest BCUT2D eigenvalue weighted by atomic mass is 32.2. The number of nitrogens with zero attached hydrogens (tertiary/aromatic N) is 2. The van der Waals surface area contributed by atoms with Crippen LogP contribution in [0.5, 0.6) is 5.75 Å². The Labute approximate surface area is 133 Å². The number of hydrogen-bond acceptors (Lipinski definition) is 5. The topological polar surface area (TPSA) is 111 Å². The van der Waals surface area contributed by atoms with E-state index in [1.807, 2.05) is 0 Å². The molecule has 0 saturated carbocycles. The first-order valence-electron chi connectivity index (χ1n) is 6.73. The lowest BCUT2D eigenvalue weighted by molar-refractivity contribution is -0.139. The van der Waals surface area contributed by atoms with Crippen molar-refractivity contribution in [2.45, 2.75) is 17.9 Å². The first-order valence-corrected chi connectivity index (χ1v) is 8.22. The van der Waals surface area contributed by atoms with E-state index in [-0.39, 0.29) is 10.6 Å². The number of benzene rings is 1. The lowest BCUT2D eigenvalue weighted by atomic mass is 10.2. The highest BCUT2D eigenvalue weighted by Crippen LogP contribution is 2.19. The van der Waals surface area contributed by atoms with Crippen LogP contribution < -0.4 is 9.46 Å². The van der Waals surface area contributed by atoms with Crippen LogP contribution in [0.4, 0.5) is 0 Å². The highest BCUT2D eigenvalue weighted by molar-refractivity contribution is 7.89. The molecule has 1 unspecified atom stereocenters. The molecule has 0 radical (unpaired) electrons. The maximum Gasteiger partial charge on any atom is 0.341 e. The van der Waals surface area contributed by atoms with Crippen molar-refractivity contribution in [3.8, 4) is 5.75 Å². The molecule has 2 rings (SSSR count). The average molecular weight is 339 g/mol. The molecule has 0 aliphatic rings. The summed E-state index contributed by atoms with van der Waals surface area (Å²) in [4.78, 5) is 10.5. The molecule has 0 aliphatic heterocycles. The van der Waals surface area contributed by atoms with Crippen molar-refractivity contribution in [2.75, 3.05) is 6.61 Å². The summed E-state index contributed by atoms with van der Waals surface area (Å²) >= 11 is 0. The Morgan fingerprint density at radius 3 is 2.57 bits per heavy atom. The minimum atomic E-state index is -3.71. The van der Waals surface area contributed by atoms with E-state index in [1.54, 1.807) is 31.0 Å². The van der Waals surface area contributed by atoms with Gasteiger partial charge in [-0.3, -0.25) is 4.68 Å². The molecule has 9 heteroatoms. The van der Waals surface area contributed by atoms with Crippen molar-refractivity contribution in [1.82, 2.24) is 14.5 Å². The number of hydrogen-bond donors (Lipinski definition) is 2. The fraction of sp³-hybridized carbons (Fsp3) is 0.286. The summed E-state index contributed by atoms with van der Waals surface area (Å²) < 4.78 is 33.8. The lowest BCUT2D eigenvalue weighted by Crippen LogP contribution is -2.26. The second kappa shape index (κ2) is 6.80. The molecule has 1 aromatic carbocycles. The Hall–Kier alpha value is -2.39. The summed E-state index contributed by atoms with van der Waals surface area (Å²) in [6.07, 6.45) is 3.33. The molecule has 1 aromatic heterocycles. The fourth-order valence-corrected chi connectivity index (χ4v) is 3.12. The summed E-state index contributed by atoms with van der Waals surface area (Å²) in [6.45, 7) is 1.24. The molecule has 0 aliphatic carbocycles. The Bertz CT molecular complexity index is 783. The quantitative estimate of drug-likeness (QED) is 0.776. The molecule has 2 N–H and O–H groups in total. The van der Waals surface area contributed by atoms with Crippen molar-refractivity contribution in [3.05, 3.63) is 42.2 Å². The molecular formula is C14H17N3O5S. The predicted octanol–water partition coefficient (Wildman–Crippen LogP) is 0.923. The van der Waals surface area contributed by atoms with E-state index in [1.165, 1.54) is 24.3 Å².